The first-order valence-corrected chi connectivity index (χ1v) is 10.3. The summed E-state index contributed by atoms with van der Waals surface area (Å²) in [6, 6.07) is 11.8. The van der Waals surface area contributed by atoms with Gasteiger partial charge in [0.25, 0.3) is 11.8 Å². The fraction of sp³-hybridized carbons (Fsp3) is 0.261. The fourth-order valence-electron chi connectivity index (χ4n) is 3.99. The molecule has 1 fully saturated rings. The van der Waals surface area contributed by atoms with Crippen LogP contribution in [0, 0.1) is 0 Å². The van der Waals surface area contributed by atoms with E-state index in [-0.39, 0.29) is 31.2 Å². The van der Waals surface area contributed by atoms with Crippen LogP contribution in [0.5, 0.6) is 0 Å². The van der Waals surface area contributed by atoms with Crippen LogP contribution in [0.1, 0.15) is 40.4 Å². The van der Waals surface area contributed by atoms with Gasteiger partial charge in [0, 0.05) is 24.2 Å². The lowest BCUT2D eigenvalue weighted by Gasteiger charge is -2.29. The number of hydrogen-bond acceptors (Lipinski definition) is 6. The Labute approximate surface area is 189 Å². The van der Waals surface area contributed by atoms with E-state index in [1.54, 1.807) is 48.5 Å². The maximum atomic E-state index is 13.0. The van der Waals surface area contributed by atoms with Crippen LogP contribution >= 0.6 is 0 Å². The Hall–Kier alpha value is -4.21. The van der Waals surface area contributed by atoms with Crippen molar-refractivity contribution in [1.29, 1.82) is 0 Å². The molecular weight excluding hydrogens is 428 g/mol. The molecule has 0 aromatic heterocycles. The number of methoxy groups -OCH3 is 1. The number of imide groups is 1. The average molecular weight is 450 g/mol. The maximum absolute atomic E-state index is 13.0. The minimum atomic E-state index is -0.992. The topological polar surface area (TPSA) is 134 Å². The Morgan fingerprint density at radius 3 is 2.58 bits per heavy atom. The number of amides is 5. The normalized spacial score (nSPS) is 18.3. The summed E-state index contributed by atoms with van der Waals surface area (Å²) in [5, 5.41) is 7.54. The molecule has 33 heavy (non-hydrogen) atoms. The zero-order valence-electron chi connectivity index (χ0n) is 17.8. The van der Waals surface area contributed by atoms with E-state index in [9.17, 15) is 24.0 Å². The standard InChI is InChI=1S/C23H22N4O6/c1-33-23(32)26-19(13-5-3-2-4-6-13)21(30)24-15-7-8-16-14(11-15)12-27(22(16)31)17-9-10-18(28)25-20(17)29/h2-8,11,17,19H,9-10,12H2,1H3,(H,24,30)(H,26,32)(H,25,28,29). The van der Waals surface area contributed by atoms with E-state index in [0.29, 0.717) is 22.4 Å². The van der Waals surface area contributed by atoms with Crippen molar-refractivity contribution in [3.8, 4) is 0 Å². The van der Waals surface area contributed by atoms with E-state index >= 15 is 0 Å². The lowest BCUT2D eigenvalue weighted by molar-refractivity contribution is -0.137. The van der Waals surface area contributed by atoms with Gasteiger partial charge < -0.3 is 20.3 Å². The quantitative estimate of drug-likeness (QED) is 0.591. The largest absolute Gasteiger partial charge is 0.453 e. The number of nitrogens with zero attached hydrogens (tertiary/aromatic N) is 1. The molecule has 170 valence electrons. The van der Waals surface area contributed by atoms with Crippen LogP contribution in [0.4, 0.5) is 10.5 Å². The number of anilines is 1. The van der Waals surface area contributed by atoms with E-state index in [0.717, 1.165) is 0 Å². The van der Waals surface area contributed by atoms with Gasteiger partial charge in [-0.1, -0.05) is 30.3 Å². The van der Waals surface area contributed by atoms with Crippen LogP contribution in [0.15, 0.2) is 48.5 Å². The molecular formula is C23H22N4O6. The minimum Gasteiger partial charge on any atom is -0.453 e. The number of piperidine rings is 1. The number of benzene rings is 2. The molecule has 2 aromatic carbocycles. The molecule has 2 atom stereocenters. The molecule has 2 aliphatic rings. The summed E-state index contributed by atoms with van der Waals surface area (Å²) >= 11 is 0. The molecule has 1 saturated heterocycles. The average Bonchev–Trinajstić information content (AvgIpc) is 3.13. The van der Waals surface area contributed by atoms with Gasteiger partial charge in [-0.2, -0.15) is 0 Å². The Bertz CT molecular complexity index is 1130. The molecule has 0 bridgehead atoms. The van der Waals surface area contributed by atoms with Crippen molar-refractivity contribution in [1.82, 2.24) is 15.5 Å². The predicted octanol–water partition coefficient (Wildman–Crippen LogP) is 1.48. The lowest BCUT2D eigenvalue weighted by atomic mass is 10.0. The first-order valence-electron chi connectivity index (χ1n) is 10.3. The molecule has 0 spiro atoms. The second-order valence-electron chi connectivity index (χ2n) is 7.74. The molecule has 0 aliphatic carbocycles. The van der Waals surface area contributed by atoms with Crippen LogP contribution in [0.3, 0.4) is 0 Å². The van der Waals surface area contributed by atoms with Crippen LogP contribution in [0.25, 0.3) is 0 Å². The molecule has 4 rings (SSSR count). The van der Waals surface area contributed by atoms with E-state index in [2.05, 4.69) is 20.7 Å². The Morgan fingerprint density at radius 1 is 1.12 bits per heavy atom. The third-order valence-electron chi connectivity index (χ3n) is 5.63. The highest BCUT2D eigenvalue weighted by Gasteiger charge is 2.39. The van der Waals surface area contributed by atoms with Gasteiger partial charge in [-0.05, 0) is 35.7 Å². The van der Waals surface area contributed by atoms with Crippen LogP contribution < -0.4 is 16.0 Å². The van der Waals surface area contributed by atoms with Gasteiger partial charge in [0.1, 0.15) is 12.1 Å². The minimum absolute atomic E-state index is 0.173. The maximum Gasteiger partial charge on any atom is 0.407 e. The highest BCUT2D eigenvalue weighted by atomic mass is 16.5. The molecule has 0 radical (unpaired) electrons. The van der Waals surface area contributed by atoms with Gasteiger partial charge in [-0.3, -0.25) is 24.5 Å². The number of carbonyl (C=O) groups is 5. The van der Waals surface area contributed by atoms with Crippen molar-refractivity contribution < 1.29 is 28.7 Å². The summed E-state index contributed by atoms with van der Waals surface area (Å²) in [5.74, 6) is -1.62. The van der Waals surface area contributed by atoms with Crippen molar-refractivity contribution in [2.75, 3.05) is 12.4 Å². The van der Waals surface area contributed by atoms with Gasteiger partial charge in [0.2, 0.25) is 11.8 Å². The lowest BCUT2D eigenvalue weighted by Crippen LogP contribution is -2.52. The Balaban J connectivity index is 1.51. The van der Waals surface area contributed by atoms with Crippen molar-refractivity contribution in [2.45, 2.75) is 31.5 Å². The predicted molar refractivity (Wildman–Crippen MR) is 116 cm³/mol. The first kappa shape index (κ1) is 22.0. The third-order valence-corrected chi connectivity index (χ3v) is 5.63. The highest BCUT2D eigenvalue weighted by Crippen LogP contribution is 2.29. The summed E-state index contributed by atoms with van der Waals surface area (Å²) in [5.41, 5.74) is 2.09. The van der Waals surface area contributed by atoms with Crippen LogP contribution in [0.2, 0.25) is 0 Å². The third kappa shape index (κ3) is 4.54. The number of ether oxygens (including phenoxy) is 1. The molecule has 2 aliphatic heterocycles. The first-order chi connectivity index (χ1) is 15.9. The van der Waals surface area contributed by atoms with Gasteiger partial charge in [-0.25, -0.2) is 4.79 Å². The van der Waals surface area contributed by atoms with E-state index in [1.807, 2.05) is 0 Å². The zero-order chi connectivity index (χ0) is 23.5. The van der Waals surface area contributed by atoms with Crippen molar-refractivity contribution in [3.63, 3.8) is 0 Å². The molecule has 2 aromatic rings. The van der Waals surface area contributed by atoms with Crippen molar-refractivity contribution >= 4 is 35.4 Å². The Kier molecular flexibility index (Phi) is 6.07. The second-order valence-corrected chi connectivity index (χ2v) is 7.74. The molecule has 2 heterocycles. The summed E-state index contributed by atoms with van der Waals surface area (Å²) < 4.78 is 4.63. The van der Waals surface area contributed by atoms with Crippen LogP contribution in [-0.2, 0) is 25.7 Å². The van der Waals surface area contributed by atoms with E-state index in [4.69, 9.17) is 0 Å². The summed E-state index contributed by atoms with van der Waals surface area (Å²) in [6.45, 7) is 0.187. The van der Waals surface area contributed by atoms with Crippen LogP contribution in [-0.4, -0.2) is 47.8 Å². The molecule has 5 amide bonds. The number of alkyl carbamates (subject to hydrolysis) is 1. The molecule has 10 nitrogen and oxygen atoms in total. The highest BCUT2D eigenvalue weighted by molar-refractivity contribution is 6.06. The number of hydrogen-bond donors (Lipinski definition) is 3. The summed E-state index contributed by atoms with van der Waals surface area (Å²) in [7, 11) is 1.21. The molecule has 10 heteroatoms. The van der Waals surface area contributed by atoms with Crippen molar-refractivity contribution in [3.05, 3.63) is 65.2 Å². The summed E-state index contributed by atoms with van der Waals surface area (Å²) in [4.78, 5) is 62.6. The SMILES string of the molecule is COC(=O)NC(C(=O)Nc1ccc2c(c1)CN(C1CCC(=O)NC1=O)C2=O)c1ccccc1. The number of nitrogens with one attached hydrogen (secondary N) is 3. The van der Waals surface area contributed by atoms with Gasteiger partial charge >= 0.3 is 6.09 Å². The monoisotopic (exact) mass is 450 g/mol. The van der Waals surface area contributed by atoms with E-state index < -0.39 is 30.0 Å². The molecule has 0 saturated carbocycles. The number of rotatable bonds is 5. The van der Waals surface area contributed by atoms with Gasteiger partial charge in [-0.15, -0.1) is 0 Å². The van der Waals surface area contributed by atoms with E-state index in [1.165, 1.54) is 12.0 Å². The molecule has 3 N–H and O–H groups in total. The van der Waals surface area contributed by atoms with Gasteiger partial charge in [0.05, 0.1) is 7.11 Å². The number of fused-ring (bicyclic) bond motifs is 1. The number of carbonyl (C=O) groups excluding carboxylic acids is 5. The zero-order valence-corrected chi connectivity index (χ0v) is 17.8. The van der Waals surface area contributed by atoms with Crippen molar-refractivity contribution in [2.24, 2.45) is 0 Å². The smallest absolute Gasteiger partial charge is 0.407 e. The summed E-state index contributed by atoms with van der Waals surface area (Å²) in [6.07, 6.45) is -0.309. The Morgan fingerprint density at radius 2 is 1.88 bits per heavy atom. The molecule has 2 unspecified atom stereocenters. The second kappa shape index (κ2) is 9.11. The van der Waals surface area contributed by atoms with Gasteiger partial charge in [0.15, 0.2) is 0 Å². The fourth-order valence-corrected chi connectivity index (χ4v) is 3.99.